The summed E-state index contributed by atoms with van der Waals surface area (Å²) in [5.41, 5.74) is 1.30. The summed E-state index contributed by atoms with van der Waals surface area (Å²) in [6.07, 6.45) is 1.96. The molecule has 0 amide bonds. The van der Waals surface area contributed by atoms with Crippen LogP contribution in [0.3, 0.4) is 0 Å². The maximum absolute atomic E-state index is 10.9. The fourth-order valence-electron chi connectivity index (χ4n) is 1.25. The van der Waals surface area contributed by atoms with Gasteiger partial charge >= 0.3 is 0 Å². The van der Waals surface area contributed by atoms with E-state index < -0.39 is 9.84 Å². The maximum Gasteiger partial charge on any atom is 0.147 e. The van der Waals surface area contributed by atoms with E-state index in [2.05, 4.69) is 23.7 Å². The molecule has 1 heterocycles. The van der Waals surface area contributed by atoms with Gasteiger partial charge in [-0.1, -0.05) is 0 Å². The smallest absolute Gasteiger partial charge is 0.147 e. The van der Waals surface area contributed by atoms with E-state index in [1.165, 1.54) is 16.7 Å². The normalized spacial score (nSPS) is 11.9. The first-order chi connectivity index (χ1) is 6.99. The SMILES string of the molecule is Cc1ccsc1CNCCCS(C)(=O)=O. The molecule has 15 heavy (non-hydrogen) atoms. The van der Waals surface area contributed by atoms with E-state index in [4.69, 9.17) is 0 Å². The third-order valence-corrected chi connectivity index (χ3v) is 4.18. The lowest BCUT2D eigenvalue weighted by Gasteiger charge is -2.03. The van der Waals surface area contributed by atoms with Crippen molar-refractivity contribution in [3.05, 3.63) is 21.9 Å². The molecule has 0 radical (unpaired) electrons. The highest BCUT2D eigenvalue weighted by molar-refractivity contribution is 7.90. The zero-order chi connectivity index (χ0) is 11.3. The van der Waals surface area contributed by atoms with Gasteiger partial charge in [0.05, 0.1) is 5.75 Å². The number of aryl methyl sites for hydroxylation is 1. The van der Waals surface area contributed by atoms with Crippen molar-refractivity contribution in [1.29, 1.82) is 0 Å². The summed E-state index contributed by atoms with van der Waals surface area (Å²) in [5.74, 6) is 0.267. The molecule has 0 bridgehead atoms. The van der Waals surface area contributed by atoms with Gasteiger partial charge in [-0.3, -0.25) is 0 Å². The average molecular weight is 247 g/mol. The molecule has 1 N–H and O–H groups in total. The summed E-state index contributed by atoms with van der Waals surface area (Å²) in [5, 5.41) is 5.32. The molecule has 0 saturated heterocycles. The molecule has 0 atom stereocenters. The fourth-order valence-corrected chi connectivity index (χ4v) is 2.79. The molecule has 3 nitrogen and oxygen atoms in total. The van der Waals surface area contributed by atoms with Gasteiger partial charge in [0.15, 0.2) is 0 Å². The number of nitrogens with one attached hydrogen (secondary N) is 1. The van der Waals surface area contributed by atoms with Crippen LogP contribution < -0.4 is 5.32 Å². The Hall–Kier alpha value is -0.390. The molecule has 1 aromatic heterocycles. The molecule has 1 aromatic rings. The molecule has 0 aliphatic heterocycles. The molecule has 5 heteroatoms. The summed E-state index contributed by atoms with van der Waals surface area (Å²) < 4.78 is 21.7. The van der Waals surface area contributed by atoms with Crippen LogP contribution in [0.4, 0.5) is 0 Å². The molecule has 0 aromatic carbocycles. The lowest BCUT2D eigenvalue weighted by molar-refractivity contribution is 0.594. The predicted molar refractivity (Wildman–Crippen MR) is 65.1 cm³/mol. The molecular formula is C10H17NO2S2. The van der Waals surface area contributed by atoms with Gasteiger partial charge in [-0.15, -0.1) is 11.3 Å². The summed E-state index contributed by atoms with van der Waals surface area (Å²) in [4.78, 5) is 1.33. The van der Waals surface area contributed by atoms with E-state index in [-0.39, 0.29) is 5.75 Å². The standard InChI is InChI=1S/C10H17NO2S2/c1-9-4-6-14-10(9)8-11-5-3-7-15(2,12)13/h4,6,11H,3,5,7-8H2,1-2H3. The van der Waals surface area contributed by atoms with Crippen molar-refractivity contribution < 1.29 is 8.42 Å². The Bertz CT molecular complexity index is 395. The van der Waals surface area contributed by atoms with Gasteiger partial charge in [0.1, 0.15) is 9.84 Å². The summed E-state index contributed by atoms with van der Waals surface area (Å²) in [7, 11) is -2.80. The molecule has 0 spiro atoms. The number of rotatable bonds is 6. The zero-order valence-electron chi connectivity index (χ0n) is 9.12. The van der Waals surface area contributed by atoms with E-state index in [1.807, 2.05) is 0 Å². The Morgan fingerprint density at radius 1 is 1.47 bits per heavy atom. The maximum atomic E-state index is 10.9. The molecular weight excluding hydrogens is 230 g/mol. The van der Waals surface area contributed by atoms with E-state index in [0.717, 1.165) is 13.1 Å². The van der Waals surface area contributed by atoms with Crippen LogP contribution in [0.5, 0.6) is 0 Å². The highest BCUT2D eigenvalue weighted by Gasteiger charge is 2.02. The van der Waals surface area contributed by atoms with Crippen molar-refractivity contribution in [1.82, 2.24) is 5.32 Å². The van der Waals surface area contributed by atoms with Crippen LogP contribution in [0.2, 0.25) is 0 Å². The predicted octanol–water partition coefficient (Wildman–Crippen LogP) is 1.58. The number of sulfone groups is 1. The Kier molecular flexibility index (Phi) is 4.76. The lowest BCUT2D eigenvalue weighted by atomic mass is 10.3. The minimum atomic E-state index is -2.80. The average Bonchev–Trinajstić information content (AvgIpc) is 2.49. The third-order valence-electron chi connectivity index (χ3n) is 2.12. The van der Waals surface area contributed by atoms with Crippen molar-refractivity contribution in [3.8, 4) is 0 Å². The van der Waals surface area contributed by atoms with Crippen LogP contribution in [0.15, 0.2) is 11.4 Å². The second-order valence-corrected chi connectivity index (χ2v) is 6.95. The second-order valence-electron chi connectivity index (χ2n) is 3.69. The van der Waals surface area contributed by atoms with Crippen molar-refractivity contribution >= 4 is 21.2 Å². The van der Waals surface area contributed by atoms with Gasteiger partial charge in [0.25, 0.3) is 0 Å². The van der Waals surface area contributed by atoms with Gasteiger partial charge in [-0.05, 0) is 36.9 Å². The van der Waals surface area contributed by atoms with Gasteiger partial charge in [-0.25, -0.2) is 8.42 Å². The summed E-state index contributed by atoms with van der Waals surface area (Å²) >= 11 is 1.73. The lowest BCUT2D eigenvalue weighted by Crippen LogP contribution is -2.17. The molecule has 1 rings (SSSR count). The minimum absolute atomic E-state index is 0.267. The Morgan fingerprint density at radius 3 is 2.73 bits per heavy atom. The van der Waals surface area contributed by atoms with Crippen LogP contribution in [-0.4, -0.2) is 27.0 Å². The zero-order valence-corrected chi connectivity index (χ0v) is 10.7. The van der Waals surface area contributed by atoms with E-state index in [1.54, 1.807) is 11.3 Å². The topological polar surface area (TPSA) is 46.2 Å². The van der Waals surface area contributed by atoms with E-state index in [9.17, 15) is 8.42 Å². The molecule has 0 aliphatic carbocycles. The van der Waals surface area contributed by atoms with Crippen molar-refractivity contribution in [3.63, 3.8) is 0 Å². The van der Waals surface area contributed by atoms with E-state index in [0.29, 0.717) is 6.42 Å². The van der Waals surface area contributed by atoms with Gasteiger partial charge < -0.3 is 5.32 Å². The van der Waals surface area contributed by atoms with Crippen LogP contribution in [0.25, 0.3) is 0 Å². The first-order valence-corrected chi connectivity index (χ1v) is 7.84. The number of hydrogen-bond donors (Lipinski definition) is 1. The van der Waals surface area contributed by atoms with Crippen LogP contribution in [0, 0.1) is 6.92 Å². The van der Waals surface area contributed by atoms with Crippen molar-refractivity contribution in [2.45, 2.75) is 19.9 Å². The van der Waals surface area contributed by atoms with Gasteiger partial charge in [0, 0.05) is 17.7 Å². The molecule has 0 saturated carbocycles. The minimum Gasteiger partial charge on any atom is -0.312 e. The quantitative estimate of drug-likeness (QED) is 0.776. The number of hydrogen-bond acceptors (Lipinski definition) is 4. The highest BCUT2D eigenvalue weighted by Crippen LogP contribution is 2.14. The number of thiophene rings is 1. The molecule has 86 valence electrons. The highest BCUT2D eigenvalue weighted by atomic mass is 32.2. The third kappa shape index (κ3) is 5.30. The summed E-state index contributed by atoms with van der Waals surface area (Å²) in [6, 6.07) is 2.10. The largest absolute Gasteiger partial charge is 0.312 e. The first-order valence-electron chi connectivity index (χ1n) is 4.90. The second kappa shape index (κ2) is 5.63. The monoisotopic (exact) mass is 247 g/mol. The first kappa shape index (κ1) is 12.7. The van der Waals surface area contributed by atoms with E-state index >= 15 is 0 Å². The summed E-state index contributed by atoms with van der Waals surface area (Å²) in [6.45, 7) is 3.68. The van der Waals surface area contributed by atoms with Gasteiger partial charge in [0.2, 0.25) is 0 Å². The van der Waals surface area contributed by atoms with Crippen LogP contribution in [0.1, 0.15) is 16.9 Å². The molecule has 0 aliphatic rings. The Balaban J connectivity index is 2.15. The van der Waals surface area contributed by atoms with Crippen LogP contribution >= 0.6 is 11.3 Å². The van der Waals surface area contributed by atoms with Crippen molar-refractivity contribution in [2.24, 2.45) is 0 Å². The molecule has 0 unspecified atom stereocenters. The van der Waals surface area contributed by atoms with Gasteiger partial charge in [-0.2, -0.15) is 0 Å². The Morgan fingerprint density at radius 2 is 2.20 bits per heavy atom. The molecule has 0 fully saturated rings. The van der Waals surface area contributed by atoms with Crippen LogP contribution in [-0.2, 0) is 16.4 Å². The fraction of sp³-hybridized carbons (Fsp3) is 0.600. The Labute approximate surface area is 95.4 Å². The van der Waals surface area contributed by atoms with Crippen molar-refractivity contribution in [2.75, 3.05) is 18.6 Å².